The summed E-state index contributed by atoms with van der Waals surface area (Å²) in [5.74, 6) is -1.59. The van der Waals surface area contributed by atoms with Gasteiger partial charge in [-0.2, -0.15) is 5.26 Å². The smallest absolute Gasteiger partial charge is 0.183 e. The van der Waals surface area contributed by atoms with Crippen LogP contribution in [0.25, 0.3) is 0 Å². The van der Waals surface area contributed by atoms with E-state index in [1.807, 2.05) is 0 Å². The monoisotopic (exact) mass is 266 g/mol. The lowest BCUT2D eigenvalue weighted by Crippen LogP contribution is -2.15. The van der Waals surface area contributed by atoms with E-state index in [1.54, 1.807) is 6.07 Å². The zero-order chi connectivity index (χ0) is 14.3. The molecule has 0 radical (unpaired) electrons. The normalized spacial score (nSPS) is 11.9. The van der Waals surface area contributed by atoms with E-state index < -0.39 is 11.6 Å². The number of rotatable bonds is 7. The molecule has 1 atom stereocenters. The van der Waals surface area contributed by atoms with Gasteiger partial charge >= 0.3 is 0 Å². The number of unbranched alkanes of at least 4 members (excludes halogenated alkanes) is 1. The van der Waals surface area contributed by atoms with Gasteiger partial charge in [0.15, 0.2) is 11.6 Å². The molecule has 2 nitrogen and oxygen atoms in total. The first-order valence-electron chi connectivity index (χ1n) is 6.75. The molecule has 0 saturated heterocycles. The quantitative estimate of drug-likeness (QED) is 0.790. The van der Waals surface area contributed by atoms with Crippen LogP contribution in [0.3, 0.4) is 0 Å². The molecule has 1 rings (SSSR count). The fraction of sp³-hybridized carbons (Fsp3) is 0.533. The fourth-order valence-corrected chi connectivity index (χ4v) is 1.97. The van der Waals surface area contributed by atoms with E-state index in [1.165, 1.54) is 12.1 Å². The van der Waals surface area contributed by atoms with Gasteiger partial charge in [-0.25, -0.2) is 8.78 Å². The zero-order valence-electron chi connectivity index (χ0n) is 11.5. The van der Waals surface area contributed by atoms with E-state index in [0.717, 1.165) is 25.7 Å². The van der Waals surface area contributed by atoms with Crippen molar-refractivity contribution in [3.63, 3.8) is 0 Å². The van der Waals surface area contributed by atoms with E-state index in [0.29, 0.717) is 12.5 Å². The predicted molar refractivity (Wildman–Crippen MR) is 72.9 cm³/mol. The van der Waals surface area contributed by atoms with Crippen LogP contribution in [0.4, 0.5) is 14.5 Å². The van der Waals surface area contributed by atoms with Crippen LogP contribution < -0.4 is 5.32 Å². The maximum atomic E-state index is 13.7. The molecule has 0 aromatic heterocycles. The summed E-state index contributed by atoms with van der Waals surface area (Å²) < 4.78 is 27.1. The van der Waals surface area contributed by atoms with Crippen LogP contribution in [0, 0.1) is 28.9 Å². The van der Waals surface area contributed by atoms with Crippen LogP contribution in [0.2, 0.25) is 0 Å². The number of nitrogens with one attached hydrogen (secondary N) is 1. The van der Waals surface area contributed by atoms with Crippen molar-refractivity contribution in [1.82, 2.24) is 0 Å². The molecule has 1 N–H and O–H groups in total. The lowest BCUT2D eigenvalue weighted by atomic mass is 9.99. The Labute approximate surface area is 113 Å². The highest BCUT2D eigenvalue weighted by molar-refractivity contribution is 5.49. The first kappa shape index (κ1) is 15.4. The second-order valence-electron chi connectivity index (χ2n) is 4.70. The Bertz CT molecular complexity index is 452. The average Bonchev–Trinajstić information content (AvgIpc) is 2.43. The molecule has 0 aliphatic heterocycles. The second-order valence-corrected chi connectivity index (χ2v) is 4.70. The summed E-state index contributed by atoms with van der Waals surface area (Å²) in [6.45, 7) is 4.85. The van der Waals surface area contributed by atoms with Crippen LogP contribution in [-0.2, 0) is 0 Å². The summed E-state index contributed by atoms with van der Waals surface area (Å²) >= 11 is 0. The van der Waals surface area contributed by atoms with Crippen molar-refractivity contribution in [3.8, 4) is 6.07 Å². The lowest BCUT2D eigenvalue weighted by molar-refractivity contribution is 0.469. The maximum Gasteiger partial charge on any atom is 0.183 e. The number of hydrogen-bond donors (Lipinski definition) is 1. The highest BCUT2D eigenvalue weighted by Crippen LogP contribution is 2.21. The van der Waals surface area contributed by atoms with Gasteiger partial charge in [-0.05, 0) is 24.5 Å². The Kier molecular flexibility index (Phi) is 6.27. The molecule has 0 spiro atoms. The first-order valence-corrected chi connectivity index (χ1v) is 6.75. The Morgan fingerprint density at radius 3 is 2.58 bits per heavy atom. The van der Waals surface area contributed by atoms with Crippen molar-refractivity contribution in [2.75, 3.05) is 11.9 Å². The van der Waals surface area contributed by atoms with Gasteiger partial charge < -0.3 is 5.32 Å². The summed E-state index contributed by atoms with van der Waals surface area (Å²) in [6.07, 6.45) is 4.37. The molecule has 4 heteroatoms. The average molecular weight is 266 g/mol. The van der Waals surface area contributed by atoms with Crippen molar-refractivity contribution in [2.24, 2.45) is 5.92 Å². The van der Waals surface area contributed by atoms with Crippen LogP contribution >= 0.6 is 0 Å². The lowest BCUT2D eigenvalue weighted by Gasteiger charge is -2.16. The minimum atomic E-state index is -1.07. The number of anilines is 1. The van der Waals surface area contributed by atoms with Crippen molar-refractivity contribution < 1.29 is 8.78 Å². The third-order valence-electron chi connectivity index (χ3n) is 3.33. The summed E-state index contributed by atoms with van der Waals surface area (Å²) in [4.78, 5) is 0. The number of nitrogens with zero attached hydrogens (tertiary/aromatic N) is 1. The minimum absolute atomic E-state index is 0.131. The summed E-state index contributed by atoms with van der Waals surface area (Å²) in [5.41, 5.74) is -0.132. The van der Waals surface area contributed by atoms with Crippen molar-refractivity contribution in [3.05, 3.63) is 29.3 Å². The van der Waals surface area contributed by atoms with E-state index in [2.05, 4.69) is 19.2 Å². The molecule has 0 saturated carbocycles. The molecule has 0 aliphatic rings. The van der Waals surface area contributed by atoms with Gasteiger partial charge in [-0.1, -0.05) is 33.1 Å². The van der Waals surface area contributed by atoms with Gasteiger partial charge in [0.1, 0.15) is 6.07 Å². The molecule has 1 aromatic rings. The Hall–Kier alpha value is -1.63. The number of benzene rings is 1. The highest BCUT2D eigenvalue weighted by atomic mass is 19.2. The van der Waals surface area contributed by atoms with Crippen molar-refractivity contribution in [2.45, 2.75) is 39.5 Å². The number of halogens is 2. The van der Waals surface area contributed by atoms with E-state index in [4.69, 9.17) is 5.26 Å². The van der Waals surface area contributed by atoms with Gasteiger partial charge in [0.05, 0.1) is 11.3 Å². The van der Waals surface area contributed by atoms with Crippen LogP contribution in [0.5, 0.6) is 0 Å². The Balaban J connectivity index is 2.67. The molecular formula is C15H20F2N2. The SMILES string of the molecule is CCCCC(CC)CNc1ccc(C#N)c(F)c1F. The van der Waals surface area contributed by atoms with Gasteiger partial charge in [-0.15, -0.1) is 0 Å². The minimum Gasteiger partial charge on any atom is -0.382 e. The van der Waals surface area contributed by atoms with Crippen molar-refractivity contribution in [1.29, 1.82) is 5.26 Å². The molecule has 1 unspecified atom stereocenters. The van der Waals surface area contributed by atoms with E-state index in [-0.39, 0.29) is 11.3 Å². The fourth-order valence-electron chi connectivity index (χ4n) is 1.97. The molecule has 0 bridgehead atoms. The standard InChI is InChI=1S/C15H20F2N2/c1-3-5-6-11(4-2)10-19-13-8-7-12(9-18)14(16)15(13)17/h7-8,11,19H,3-6,10H2,1-2H3. The van der Waals surface area contributed by atoms with Gasteiger partial charge in [0.25, 0.3) is 0 Å². The third-order valence-corrected chi connectivity index (χ3v) is 3.33. The van der Waals surface area contributed by atoms with Gasteiger partial charge in [0.2, 0.25) is 0 Å². The van der Waals surface area contributed by atoms with Gasteiger partial charge in [0, 0.05) is 6.54 Å². The molecule has 0 aliphatic carbocycles. The van der Waals surface area contributed by atoms with E-state index in [9.17, 15) is 8.78 Å². The van der Waals surface area contributed by atoms with Crippen LogP contribution in [0.15, 0.2) is 12.1 Å². The molecule has 0 amide bonds. The Morgan fingerprint density at radius 1 is 1.26 bits per heavy atom. The topological polar surface area (TPSA) is 35.8 Å². The maximum absolute atomic E-state index is 13.7. The molecule has 0 fully saturated rings. The number of nitriles is 1. The van der Waals surface area contributed by atoms with Gasteiger partial charge in [-0.3, -0.25) is 0 Å². The molecule has 104 valence electrons. The van der Waals surface area contributed by atoms with Crippen LogP contribution in [0.1, 0.15) is 45.1 Å². The summed E-state index contributed by atoms with van der Waals surface area (Å²) in [6, 6.07) is 4.34. The molecule has 1 aromatic carbocycles. The summed E-state index contributed by atoms with van der Waals surface area (Å²) in [7, 11) is 0. The predicted octanol–water partition coefficient (Wildman–Crippen LogP) is 4.46. The van der Waals surface area contributed by atoms with E-state index >= 15 is 0 Å². The molecule has 19 heavy (non-hydrogen) atoms. The van der Waals surface area contributed by atoms with Crippen molar-refractivity contribution >= 4 is 5.69 Å². The second kappa shape index (κ2) is 7.73. The third kappa shape index (κ3) is 4.20. The highest BCUT2D eigenvalue weighted by Gasteiger charge is 2.14. The zero-order valence-corrected chi connectivity index (χ0v) is 11.5. The summed E-state index contributed by atoms with van der Waals surface area (Å²) in [5, 5.41) is 11.6. The number of hydrogen-bond acceptors (Lipinski definition) is 2. The molecular weight excluding hydrogens is 246 g/mol. The first-order chi connectivity index (χ1) is 9.13. The molecule has 0 heterocycles. The van der Waals surface area contributed by atoms with Crippen LogP contribution in [-0.4, -0.2) is 6.54 Å². The Morgan fingerprint density at radius 2 is 2.00 bits per heavy atom. The largest absolute Gasteiger partial charge is 0.382 e.